The molecule has 0 radical (unpaired) electrons. The second-order valence-corrected chi connectivity index (χ2v) is 8.05. The highest BCUT2D eigenvalue weighted by Gasteiger charge is 2.19. The molecule has 0 aliphatic carbocycles. The van der Waals surface area contributed by atoms with Crippen LogP contribution < -0.4 is 0 Å². The summed E-state index contributed by atoms with van der Waals surface area (Å²) in [5.41, 5.74) is 1.44. The third kappa shape index (κ3) is 4.41. The summed E-state index contributed by atoms with van der Waals surface area (Å²) in [6.07, 6.45) is 0. The number of carbonyl (C=O) groups excluding carboxylic acids is 2. The molecule has 0 saturated carbocycles. The lowest BCUT2D eigenvalue weighted by Crippen LogP contribution is -2.14. The Morgan fingerprint density at radius 1 is 0.960 bits per heavy atom. The van der Waals surface area contributed by atoms with Crippen LogP contribution in [0, 0.1) is 11.6 Å². The summed E-state index contributed by atoms with van der Waals surface area (Å²) >= 11 is 3.74. The van der Waals surface area contributed by atoms with Gasteiger partial charge in [0.25, 0.3) is 0 Å². The maximum absolute atomic E-state index is 13.1. The summed E-state index contributed by atoms with van der Waals surface area (Å²) < 4.78 is 31.4. The van der Waals surface area contributed by atoms with E-state index >= 15 is 0 Å². The molecule has 1 fully saturated rings. The number of benzene rings is 2. The Kier molecular flexibility index (Phi) is 5.75. The molecule has 1 aliphatic rings. The number of esters is 1. The molecule has 3 rings (SSSR count). The van der Waals surface area contributed by atoms with Gasteiger partial charge in [-0.1, -0.05) is 12.1 Å². The van der Waals surface area contributed by atoms with Gasteiger partial charge in [0.15, 0.2) is 24.0 Å². The zero-order valence-corrected chi connectivity index (χ0v) is 14.7. The normalized spacial score (nSPS) is 14.5. The van der Waals surface area contributed by atoms with Crippen LogP contribution >= 0.6 is 23.5 Å². The van der Waals surface area contributed by atoms with Crippen LogP contribution in [0.1, 0.15) is 30.9 Å². The Morgan fingerprint density at radius 2 is 1.60 bits per heavy atom. The average molecular weight is 380 g/mol. The van der Waals surface area contributed by atoms with E-state index in [1.807, 2.05) is 35.7 Å². The highest BCUT2D eigenvalue weighted by molar-refractivity contribution is 8.19. The summed E-state index contributed by atoms with van der Waals surface area (Å²) in [4.78, 5) is 23.9. The molecule has 1 heterocycles. The van der Waals surface area contributed by atoms with Crippen LogP contribution in [0.3, 0.4) is 0 Å². The van der Waals surface area contributed by atoms with Gasteiger partial charge < -0.3 is 4.74 Å². The summed E-state index contributed by atoms with van der Waals surface area (Å²) in [5, 5.41) is 0. The summed E-state index contributed by atoms with van der Waals surface area (Å²) in [6, 6.07) is 9.89. The van der Waals surface area contributed by atoms with E-state index in [0.29, 0.717) is 10.1 Å². The fourth-order valence-corrected chi connectivity index (χ4v) is 5.15. The number of hydrogen-bond donors (Lipinski definition) is 0. The van der Waals surface area contributed by atoms with Gasteiger partial charge in [0.1, 0.15) is 0 Å². The molecule has 2 aromatic rings. The molecular weight excluding hydrogens is 366 g/mol. The van der Waals surface area contributed by atoms with Crippen molar-refractivity contribution in [3.63, 3.8) is 0 Å². The first-order valence-electron chi connectivity index (χ1n) is 7.53. The Morgan fingerprint density at radius 3 is 2.24 bits per heavy atom. The number of Topliss-reactive ketones (excluding diaryl/α,β-unsaturated/α-hetero) is 1. The van der Waals surface area contributed by atoms with Crippen LogP contribution in [0.15, 0.2) is 42.5 Å². The van der Waals surface area contributed by atoms with Crippen LogP contribution in [0.5, 0.6) is 0 Å². The van der Waals surface area contributed by atoms with Crippen molar-refractivity contribution in [3.8, 4) is 0 Å². The first-order valence-corrected chi connectivity index (χ1v) is 9.63. The van der Waals surface area contributed by atoms with Gasteiger partial charge in [0, 0.05) is 17.1 Å². The molecule has 2 aromatic carbocycles. The van der Waals surface area contributed by atoms with Crippen molar-refractivity contribution in [2.45, 2.75) is 4.58 Å². The summed E-state index contributed by atoms with van der Waals surface area (Å²) in [5.74, 6) is -1.14. The van der Waals surface area contributed by atoms with Gasteiger partial charge in [0.2, 0.25) is 0 Å². The molecule has 0 atom stereocenters. The molecule has 3 nitrogen and oxygen atoms in total. The number of hydrogen-bond acceptors (Lipinski definition) is 5. The predicted octanol–water partition coefficient (Wildman–Crippen LogP) is 4.48. The average Bonchev–Trinajstić information content (AvgIpc) is 3.16. The first kappa shape index (κ1) is 17.9. The van der Waals surface area contributed by atoms with Crippen molar-refractivity contribution in [2.75, 3.05) is 18.1 Å². The zero-order chi connectivity index (χ0) is 17.8. The topological polar surface area (TPSA) is 43.4 Å². The summed E-state index contributed by atoms with van der Waals surface area (Å²) in [6.45, 7) is -0.528. The van der Waals surface area contributed by atoms with Crippen LogP contribution in [-0.4, -0.2) is 29.9 Å². The maximum Gasteiger partial charge on any atom is 0.338 e. The van der Waals surface area contributed by atoms with Crippen LogP contribution in [0.4, 0.5) is 8.78 Å². The number of ether oxygens (including phenoxy) is 1. The number of halogens is 2. The molecule has 0 N–H and O–H groups in total. The van der Waals surface area contributed by atoms with Gasteiger partial charge in [-0.05, 0) is 35.9 Å². The highest BCUT2D eigenvalue weighted by atomic mass is 32.2. The Bertz CT molecular complexity index is 787. The fraction of sp³-hybridized carbons (Fsp3) is 0.222. The third-order valence-electron chi connectivity index (χ3n) is 3.62. The second kappa shape index (κ2) is 8.01. The van der Waals surface area contributed by atoms with Crippen molar-refractivity contribution < 1.29 is 23.1 Å². The van der Waals surface area contributed by atoms with E-state index < -0.39 is 30.0 Å². The minimum atomic E-state index is -1.12. The molecule has 0 amide bonds. The monoisotopic (exact) mass is 380 g/mol. The molecule has 130 valence electrons. The van der Waals surface area contributed by atoms with Crippen molar-refractivity contribution >= 4 is 35.3 Å². The van der Waals surface area contributed by atoms with E-state index in [2.05, 4.69) is 0 Å². The number of rotatable bonds is 5. The molecular formula is C18H14F2O3S2. The van der Waals surface area contributed by atoms with Crippen molar-refractivity contribution in [1.29, 1.82) is 0 Å². The molecule has 7 heteroatoms. The van der Waals surface area contributed by atoms with E-state index in [4.69, 9.17) is 4.74 Å². The molecule has 1 saturated heterocycles. The summed E-state index contributed by atoms with van der Waals surface area (Å²) in [7, 11) is 0. The van der Waals surface area contributed by atoms with Crippen molar-refractivity contribution in [3.05, 3.63) is 70.8 Å². The lowest BCUT2D eigenvalue weighted by Gasteiger charge is -2.09. The van der Waals surface area contributed by atoms with Crippen LogP contribution in [0.2, 0.25) is 0 Å². The molecule has 25 heavy (non-hydrogen) atoms. The zero-order valence-electron chi connectivity index (χ0n) is 13.0. The molecule has 0 spiro atoms. The maximum atomic E-state index is 13.1. The molecule has 0 unspecified atom stereocenters. The van der Waals surface area contributed by atoms with E-state index in [0.717, 1.165) is 35.3 Å². The number of thioether (sulfide) groups is 2. The lowest BCUT2D eigenvalue weighted by molar-refractivity contribution is 0.0474. The van der Waals surface area contributed by atoms with Crippen LogP contribution in [-0.2, 0) is 4.74 Å². The largest absolute Gasteiger partial charge is 0.454 e. The predicted molar refractivity (Wildman–Crippen MR) is 95.1 cm³/mol. The number of carbonyl (C=O) groups is 2. The molecule has 0 bridgehead atoms. The second-order valence-electron chi connectivity index (χ2n) is 5.32. The number of ketones is 1. The van der Waals surface area contributed by atoms with Crippen molar-refractivity contribution in [1.82, 2.24) is 0 Å². The van der Waals surface area contributed by atoms with Crippen molar-refractivity contribution in [2.24, 2.45) is 0 Å². The quantitative estimate of drug-likeness (QED) is 0.565. The lowest BCUT2D eigenvalue weighted by atomic mass is 10.1. The Balaban J connectivity index is 1.58. The standard InChI is InChI=1S/C18H14F2O3S2/c19-14-6-5-13(9-15(14)20)16(21)10-23-17(22)11-1-3-12(4-2-11)18-24-7-8-25-18/h1-6,9,18H,7-8,10H2. The minimum Gasteiger partial charge on any atom is -0.454 e. The third-order valence-corrected chi connectivity index (χ3v) is 6.72. The minimum absolute atomic E-state index is 0.0441. The molecule has 0 aromatic heterocycles. The van der Waals surface area contributed by atoms with E-state index in [9.17, 15) is 18.4 Å². The SMILES string of the molecule is O=C(COC(=O)c1ccc(C2SCCS2)cc1)c1ccc(F)c(F)c1. The Labute approximate surface area is 152 Å². The van der Waals surface area contributed by atoms with Gasteiger partial charge in [-0.3, -0.25) is 4.79 Å². The first-order chi connectivity index (χ1) is 12.0. The van der Waals surface area contributed by atoms with E-state index in [1.165, 1.54) is 0 Å². The van der Waals surface area contributed by atoms with Gasteiger partial charge >= 0.3 is 5.97 Å². The molecule has 1 aliphatic heterocycles. The van der Waals surface area contributed by atoms with E-state index in [-0.39, 0.29) is 5.56 Å². The highest BCUT2D eigenvalue weighted by Crippen LogP contribution is 2.45. The van der Waals surface area contributed by atoms with E-state index in [1.54, 1.807) is 12.1 Å². The van der Waals surface area contributed by atoms with Gasteiger partial charge in [-0.15, -0.1) is 23.5 Å². The fourth-order valence-electron chi connectivity index (χ4n) is 2.29. The van der Waals surface area contributed by atoms with Crippen LogP contribution in [0.25, 0.3) is 0 Å². The Hall–Kier alpha value is -1.86. The van der Waals surface area contributed by atoms with Gasteiger partial charge in [0.05, 0.1) is 10.1 Å². The smallest absolute Gasteiger partial charge is 0.338 e. The van der Waals surface area contributed by atoms with Gasteiger partial charge in [-0.2, -0.15) is 0 Å². The van der Waals surface area contributed by atoms with Gasteiger partial charge in [-0.25, -0.2) is 13.6 Å².